The van der Waals surface area contributed by atoms with Gasteiger partial charge in [-0.25, -0.2) is 0 Å². The number of quaternary nitrogens is 1. The first-order chi connectivity index (χ1) is 39.0. The van der Waals surface area contributed by atoms with Gasteiger partial charge in [-0.1, -0.05) is 304 Å². The zero-order chi connectivity index (χ0) is 58.4. The number of aliphatic hydroxyl groups is 1. The highest BCUT2D eigenvalue weighted by atomic mass is 31.2. The van der Waals surface area contributed by atoms with E-state index in [9.17, 15) is 19.4 Å². The van der Waals surface area contributed by atoms with E-state index in [1.807, 2.05) is 27.2 Å². The molecule has 0 heterocycles. The number of phosphoric ester groups is 1. The van der Waals surface area contributed by atoms with Crippen LogP contribution in [0.1, 0.15) is 309 Å². The lowest BCUT2D eigenvalue weighted by Crippen LogP contribution is -2.45. The summed E-state index contributed by atoms with van der Waals surface area (Å²) >= 11 is 0. The minimum Gasteiger partial charge on any atom is -0.756 e. The summed E-state index contributed by atoms with van der Waals surface area (Å²) < 4.78 is 23.4. The summed E-state index contributed by atoms with van der Waals surface area (Å²) in [5.41, 5.74) is 0. The van der Waals surface area contributed by atoms with Crippen molar-refractivity contribution in [2.75, 3.05) is 40.9 Å². The molecule has 80 heavy (non-hydrogen) atoms. The molecule has 0 spiro atoms. The third kappa shape index (κ3) is 63.3. The molecule has 3 atom stereocenters. The molecule has 466 valence electrons. The number of aliphatic hydroxyl groups excluding tert-OH is 1. The summed E-state index contributed by atoms with van der Waals surface area (Å²) in [5, 5.41) is 13.9. The molecule has 0 aliphatic heterocycles. The Bertz CT molecular complexity index is 1580. The minimum atomic E-state index is -4.62. The van der Waals surface area contributed by atoms with Crippen LogP contribution in [0.2, 0.25) is 0 Å². The number of nitrogens with zero attached hydrogens (tertiary/aromatic N) is 1. The van der Waals surface area contributed by atoms with Crippen LogP contribution in [0.5, 0.6) is 0 Å². The minimum absolute atomic E-state index is 0.0106. The Hall–Kier alpha value is -2.32. The van der Waals surface area contributed by atoms with E-state index in [4.69, 9.17) is 9.05 Å². The molecule has 3 unspecified atom stereocenters. The third-order valence-electron chi connectivity index (χ3n) is 15.1. The molecule has 0 aliphatic carbocycles. The van der Waals surface area contributed by atoms with Gasteiger partial charge in [0.05, 0.1) is 39.9 Å². The predicted octanol–water partition coefficient (Wildman–Crippen LogP) is 20.9. The van der Waals surface area contributed by atoms with Crippen molar-refractivity contribution in [2.45, 2.75) is 321 Å². The van der Waals surface area contributed by atoms with Gasteiger partial charge in [-0.15, -0.1) is 0 Å². The van der Waals surface area contributed by atoms with Crippen LogP contribution < -0.4 is 10.2 Å². The molecule has 0 saturated carbocycles. The average Bonchev–Trinajstić information content (AvgIpc) is 3.42. The zero-order valence-electron chi connectivity index (χ0n) is 53.3. The van der Waals surface area contributed by atoms with Crippen LogP contribution in [0, 0.1) is 0 Å². The molecule has 0 radical (unpaired) electrons. The highest BCUT2D eigenvalue weighted by Gasteiger charge is 2.23. The number of carbonyl (C=O) groups excluding carboxylic acids is 1. The largest absolute Gasteiger partial charge is 0.756 e. The molecule has 0 bridgehead atoms. The van der Waals surface area contributed by atoms with Gasteiger partial charge in [0.15, 0.2) is 0 Å². The van der Waals surface area contributed by atoms with Crippen molar-refractivity contribution in [2.24, 2.45) is 0 Å². The number of hydrogen-bond acceptors (Lipinski definition) is 6. The second-order valence-electron chi connectivity index (χ2n) is 24.1. The maximum Gasteiger partial charge on any atom is 0.268 e. The summed E-state index contributed by atoms with van der Waals surface area (Å²) in [5.74, 6) is -0.209. The van der Waals surface area contributed by atoms with Gasteiger partial charge >= 0.3 is 0 Å². The van der Waals surface area contributed by atoms with Crippen LogP contribution in [-0.4, -0.2) is 68.5 Å². The number of amides is 1. The SMILES string of the molecule is CC/C=C\C/C=C\C/C=C\C/C=C\CCCCCCCCCCCCCCCCCCCCC(=O)NC(COP(=O)([O-])OCC[N+](C)(C)C)C(O)/C=C/CC/C=C/CC/C=C/CCCCCCCCCCCCCCCCCCC. The van der Waals surface area contributed by atoms with Crippen molar-refractivity contribution in [3.63, 3.8) is 0 Å². The van der Waals surface area contributed by atoms with E-state index in [1.54, 1.807) is 6.08 Å². The summed E-state index contributed by atoms with van der Waals surface area (Å²) in [4.78, 5) is 25.6. The number of likely N-dealkylation sites (N-methyl/N-ethyl adjacent to an activating group) is 1. The fourth-order valence-corrected chi connectivity index (χ4v) is 10.5. The molecule has 9 heteroatoms. The van der Waals surface area contributed by atoms with Crippen LogP contribution in [0.15, 0.2) is 85.1 Å². The van der Waals surface area contributed by atoms with Crippen molar-refractivity contribution >= 4 is 13.7 Å². The first-order valence-corrected chi connectivity index (χ1v) is 35.4. The lowest BCUT2D eigenvalue weighted by molar-refractivity contribution is -0.870. The first kappa shape index (κ1) is 77.7. The Morgan fingerprint density at radius 2 is 0.775 bits per heavy atom. The van der Waals surface area contributed by atoms with E-state index in [1.165, 1.54) is 218 Å². The van der Waals surface area contributed by atoms with Gasteiger partial charge < -0.3 is 28.8 Å². The van der Waals surface area contributed by atoms with E-state index in [0.717, 1.165) is 70.6 Å². The first-order valence-electron chi connectivity index (χ1n) is 33.9. The number of allylic oxidation sites excluding steroid dienone is 13. The average molecular weight is 1140 g/mol. The zero-order valence-corrected chi connectivity index (χ0v) is 54.2. The van der Waals surface area contributed by atoms with Gasteiger partial charge in [-0.2, -0.15) is 0 Å². The van der Waals surface area contributed by atoms with Crippen molar-refractivity contribution in [1.29, 1.82) is 0 Å². The quantitative estimate of drug-likeness (QED) is 0.0272. The molecule has 0 rings (SSSR count). The fourth-order valence-electron chi connectivity index (χ4n) is 9.83. The van der Waals surface area contributed by atoms with Gasteiger partial charge in [0.25, 0.3) is 7.82 Å². The number of phosphoric acid groups is 1. The molecule has 0 saturated heterocycles. The molecule has 2 N–H and O–H groups in total. The second kappa shape index (κ2) is 61.2. The van der Waals surface area contributed by atoms with Crippen molar-refractivity contribution in [3.05, 3.63) is 85.1 Å². The molecular weight excluding hydrogens is 1010 g/mol. The third-order valence-corrected chi connectivity index (χ3v) is 16.0. The molecule has 0 aromatic carbocycles. The van der Waals surface area contributed by atoms with Gasteiger partial charge in [0.1, 0.15) is 13.2 Å². The molecule has 0 aromatic heterocycles. The van der Waals surface area contributed by atoms with E-state index < -0.39 is 26.6 Å². The number of carbonyl (C=O) groups is 1. The van der Waals surface area contributed by atoms with Crippen molar-refractivity contribution < 1.29 is 32.9 Å². The Balaban J connectivity index is 4.14. The Kier molecular flexibility index (Phi) is 59.5. The normalized spacial score (nSPS) is 14.2. The predicted molar refractivity (Wildman–Crippen MR) is 348 cm³/mol. The summed E-state index contributed by atoms with van der Waals surface area (Å²) in [6.45, 7) is 4.54. The highest BCUT2D eigenvalue weighted by molar-refractivity contribution is 7.45. The standard InChI is InChI=1S/C71H131N2O6P/c1-6-8-10-12-14-16-18-20-22-24-26-28-30-32-34-35-36-37-39-41-43-45-47-49-51-53-55-57-59-61-63-65-71(75)72-69(68-79-80(76,77)78-67-66-73(3,4)5)70(74)64-62-60-58-56-54-52-50-48-46-44-42-40-38-33-31-29-27-25-23-21-19-17-15-13-11-9-7-2/h8,10,14,16,20,22,26,28,46,48,54,56,62,64,69-70,74H,6-7,9,11-13,15,17-19,21,23-25,27,29-45,47,49-53,55,57-61,63,65-68H2,1-5H3,(H-,72,75,76,77)/b10-8-,16-14-,22-20-,28-26-,48-46+,56-54+,64-62+. The molecule has 0 aromatic rings. The summed E-state index contributed by atoms with van der Waals surface area (Å²) in [6.07, 6.45) is 87.0. The highest BCUT2D eigenvalue weighted by Crippen LogP contribution is 2.38. The van der Waals surface area contributed by atoms with Gasteiger partial charge in [0, 0.05) is 6.42 Å². The van der Waals surface area contributed by atoms with Crippen molar-refractivity contribution in [3.8, 4) is 0 Å². The van der Waals surface area contributed by atoms with Crippen LogP contribution in [-0.2, 0) is 18.4 Å². The van der Waals surface area contributed by atoms with Crippen LogP contribution in [0.3, 0.4) is 0 Å². The van der Waals surface area contributed by atoms with E-state index in [2.05, 4.69) is 92.1 Å². The number of nitrogens with one attached hydrogen (secondary N) is 1. The van der Waals surface area contributed by atoms with Gasteiger partial charge in [-0.3, -0.25) is 9.36 Å². The summed E-state index contributed by atoms with van der Waals surface area (Å²) in [6, 6.07) is -0.914. The monoisotopic (exact) mass is 1140 g/mol. The maximum atomic E-state index is 13.0. The second-order valence-corrected chi connectivity index (χ2v) is 25.5. The van der Waals surface area contributed by atoms with Crippen LogP contribution in [0.4, 0.5) is 0 Å². The Labute approximate surface area is 497 Å². The molecule has 0 fully saturated rings. The molecular formula is C71H131N2O6P. The van der Waals surface area contributed by atoms with Crippen LogP contribution >= 0.6 is 7.82 Å². The van der Waals surface area contributed by atoms with Gasteiger partial charge in [-0.05, 0) is 83.5 Å². The lowest BCUT2D eigenvalue weighted by Gasteiger charge is -2.29. The van der Waals surface area contributed by atoms with E-state index in [0.29, 0.717) is 17.4 Å². The maximum absolute atomic E-state index is 13.0. The fraction of sp³-hybridized carbons (Fsp3) is 0.789. The van der Waals surface area contributed by atoms with E-state index >= 15 is 0 Å². The Morgan fingerprint density at radius 3 is 1.16 bits per heavy atom. The van der Waals surface area contributed by atoms with Gasteiger partial charge in [0.2, 0.25) is 5.91 Å². The van der Waals surface area contributed by atoms with E-state index in [-0.39, 0.29) is 12.5 Å². The molecule has 8 nitrogen and oxygen atoms in total. The van der Waals surface area contributed by atoms with Crippen LogP contribution in [0.25, 0.3) is 0 Å². The topological polar surface area (TPSA) is 108 Å². The lowest BCUT2D eigenvalue weighted by atomic mass is 10.0. The molecule has 0 aliphatic rings. The molecule has 1 amide bonds. The smallest absolute Gasteiger partial charge is 0.268 e. The number of rotatable bonds is 62. The number of hydrogen-bond donors (Lipinski definition) is 2. The summed E-state index contributed by atoms with van der Waals surface area (Å²) in [7, 11) is 1.24. The Morgan fingerprint density at radius 1 is 0.450 bits per heavy atom. The van der Waals surface area contributed by atoms with Crippen molar-refractivity contribution in [1.82, 2.24) is 5.32 Å². The number of unbranched alkanes of at least 4 members (excludes halogenated alkanes) is 37.